The molecule has 0 atom stereocenters. The van der Waals surface area contributed by atoms with Gasteiger partial charge in [0.25, 0.3) is 0 Å². The van der Waals surface area contributed by atoms with Crippen LogP contribution in [-0.4, -0.2) is 19.1 Å². The first-order valence-electron chi connectivity index (χ1n) is 2.47. The number of aliphatic imine (C=N–C) groups is 2. The summed E-state index contributed by atoms with van der Waals surface area (Å²) in [6, 6.07) is 3.13. The van der Waals surface area contributed by atoms with Gasteiger partial charge >= 0.3 is 0 Å². The van der Waals surface area contributed by atoms with Crippen LogP contribution in [0.3, 0.4) is 0 Å². The highest BCUT2D eigenvalue weighted by atomic mass is 14.9. The van der Waals surface area contributed by atoms with Crippen LogP contribution in [0.4, 0.5) is 0 Å². The second-order valence-electron chi connectivity index (χ2n) is 1.68. The molecular formula is C5H8N2. The normalized spacial score (nSPS) is 17.9. The van der Waals surface area contributed by atoms with E-state index in [-0.39, 0.29) is 0 Å². The van der Waals surface area contributed by atoms with Crippen molar-refractivity contribution in [3.8, 4) is 0 Å². The zero-order valence-electron chi connectivity index (χ0n) is 4.39. The van der Waals surface area contributed by atoms with Crippen LogP contribution in [0.15, 0.2) is 9.98 Å². The fourth-order valence-corrected chi connectivity index (χ4v) is 0.343. The van der Waals surface area contributed by atoms with Gasteiger partial charge in [-0.3, -0.25) is 0 Å². The van der Waals surface area contributed by atoms with Crippen LogP contribution in [0.1, 0.15) is 12.8 Å². The van der Waals surface area contributed by atoms with Gasteiger partial charge in [-0.1, -0.05) is 0 Å². The summed E-state index contributed by atoms with van der Waals surface area (Å²) in [4.78, 5) is 7.54. The van der Waals surface area contributed by atoms with Crippen molar-refractivity contribution in [1.29, 1.82) is 0 Å². The molecule has 0 aromatic heterocycles. The van der Waals surface area contributed by atoms with E-state index in [1.165, 1.54) is 12.8 Å². The Morgan fingerprint density at radius 2 is 2.29 bits per heavy atom. The highest BCUT2D eigenvalue weighted by Crippen LogP contribution is 2.22. The Morgan fingerprint density at radius 3 is 2.71 bits per heavy atom. The molecule has 2 heteroatoms. The Labute approximate surface area is 43.0 Å². The molecule has 38 valence electrons. The lowest BCUT2D eigenvalue weighted by Crippen LogP contribution is -1.67. The third-order valence-electron chi connectivity index (χ3n) is 0.887. The highest BCUT2D eigenvalue weighted by Gasteiger charge is 2.18. The van der Waals surface area contributed by atoms with Crippen LogP contribution in [-0.2, 0) is 0 Å². The monoisotopic (exact) mass is 96.1 g/mol. The van der Waals surface area contributed by atoms with Gasteiger partial charge < -0.3 is 0 Å². The van der Waals surface area contributed by atoms with Crippen LogP contribution >= 0.6 is 0 Å². The molecule has 0 amide bonds. The van der Waals surface area contributed by atoms with Gasteiger partial charge in [-0.15, -0.1) is 0 Å². The third-order valence-corrected chi connectivity index (χ3v) is 0.887. The minimum absolute atomic E-state index is 0.573. The first-order chi connectivity index (χ1) is 3.43. The molecule has 0 heterocycles. The van der Waals surface area contributed by atoms with Crippen molar-refractivity contribution in [3.63, 3.8) is 0 Å². The minimum atomic E-state index is 0.573. The molecule has 0 aliphatic heterocycles. The van der Waals surface area contributed by atoms with E-state index in [1.807, 2.05) is 0 Å². The molecule has 1 saturated carbocycles. The van der Waals surface area contributed by atoms with Crippen molar-refractivity contribution < 1.29 is 0 Å². The first-order valence-corrected chi connectivity index (χ1v) is 2.47. The van der Waals surface area contributed by atoms with Crippen molar-refractivity contribution >= 4 is 6.01 Å². The smallest absolute Gasteiger partial charge is 0.0892 e. The Morgan fingerprint density at radius 1 is 1.57 bits per heavy atom. The molecule has 7 heavy (non-hydrogen) atoms. The molecule has 1 aliphatic rings. The fourth-order valence-electron chi connectivity index (χ4n) is 0.343. The van der Waals surface area contributed by atoms with Gasteiger partial charge in [-0.05, 0) is 12.8 Å². The van der Waals surface area contributed by atoms with E-state index in [0.717, 1.165) is 0 Å². The SMILES string of the molecule is CN=C=NC1CC1. The van der Waals surface area contributed by atoms with Crippen molar-refractivity contribution in [2.24, 2.45) is 9.98 Å². The molecule has 0 N–H and O–H groups in total. The van der Waals surface area contributed by atoms with Gasteiger partial charge in [0.2, 0.25) is 0 Å². The summed E-state index contributed by atoms with van der Waals surface area (Å²) in [5, 5.41) is 0. The van der Waals surface area contributed by atoms with Crippen LogP contribution in [0.25, 0.3) is 0 Å². The van der Waals surface area contributed by atoms with E-state index < -0.39 is 0 Å². The van der Waals surface area contributed by atoms with E-state index in [2.05, 4.69) is 16.0 Å². The summed E-state index contributed by atoms with van der Waals surface area (Å²) in [6.45, 7) is 0. The van der Waals surface area contributed by atoms with Crippen LogP contribution < -0.4 is 0 Å². The van der Waals surface area contributed by atoms with E-state index in [1.54, 1.807) is 7.05 Å². The summed E-state index contributed by atoms with van der Waals surface area (Å²) in [7, 11) is 1.69. The van der Waals surface area contributed by atoms with Gasteiger partial charge in [-0.25, -0.2) is 9.98 Å². The average Bonchev–Trinajstić information content (AvgIpc) is 2.42. The largest absolute Gasteiger partial charge is 0.229 e. The number of nitrogens with zero attached hydrogens (tertiary/aromatic N) is 2. The minimum Gasteiger partial charge on any atom is -0.229 e. The second kappa shape index (κ2) is 1.90. The average molecular weight is 96.1 g/mol. The first kappa shape index (κ1) is 4.54. The van der Waals surface area contributed by atoms with Gasteiger partial charge in [0.05, 0.1) is 12.1 Å². The Bertz CT molecular complexity index is 107. The van der Waals surface area contributed by atoms with E-state index in [0.29, 0.717) is 6.04 Å². The maximum absolute atomic E-state index is 3.94. The summed E-state index contributed by atoms with van der Waals surface area (Å²) < 4.78 is 0. The van der Waals surface area contributed by atoms with E-state index in [4.69, 9.17) is 0 Å². The Hall–Kier alpha value is -0.620. The Kier molecular flexibility index (Phi) is 1.23. The van der Waals surface area contributed by atoms with Crippen LogP contribution in [0.2, 0.25) is 0 Å². The van der Waals surface area contributed by atoms with Gasteiger partial charge in [0, 0.05) is 7.05 Å². The molecule has 0 bridgehead atoms. The van der Waals surface area contributed by atoms with Gasteiger partial charge in [-0.2, -0.15) is 0 Å². The molecular weight excluding hydrogens is 88.1 g/mol. The maximum atomic E-state index is 3.94. The van der Waals surface area contributed by atoms with Crippen LogP contribution in [0.5, 0.6) is 0 Å². The molecule has 0 saturated heterocycles. The van der Waals surface area contributed by atoms with E-state index in [9.17, 15) is 0 Å². The molecule has 0 unspecified atom stereocenters. The van der Waals surface area contributed by atoms with Crippen LogP contribution in [0, 0.1) is 0 Å². The molecule has 2 nitrogen and oxygen atoms in total. The molecule has 0 aromatic carbocycles. The molecule has 1 rings (SSSR count). The summed E-state index contributed by atoms with van der Waals surface area (Å²) in [5.41, 5.74) is 0. The van der Waals surface area contributed by atoms with E-state index >= 15 is 0 Å². The van der Waals surface area contributed by atoms with Crippen molar-refractivity contribution in [1.82, 2.24) is 0 Å². The highest BCUT2D eigenvalue weighted by molar-refractivity contribution is 5.41. The lowest BCUT2D eigenvalue weighted by atomic mass is 10.8. The zero-order valence-corrected chi connectivity index (χ0v) is 4.39. The number of hydrogen-bond donors (Lipinski definition) is 0. The van der Waals surface area contributed by atoms with Crippen molar-refractivity contribution in [2.75, 3.05) is 7.05 Å². The summed E-state index contributed by atoms with van der Waals surface area (Å²) in [6.07, 6.45) is 2.48. The topological polar surface area (TPSA) is 24.7 Å². The van der Waals surface area contributed by atoms with Gasteiger partial charge in [0.15, 0.2) is 0 Å². The fraction of sp³-hybridized carbons (Fsp3) is 0.800. The van der Waals surface area contributed by atoms with Crippen molar-refractivity contribution in [3.05, 3.63) is 0 Å². The Balaban J connectivity index is 2.30. The molecule has 0 spiro atoms. The van der Waals surface area contributed by atoms with Gasteiger partial charge in [0.1, 0.15) is 0 Å². The lowest BCUT2D eigenvalue weighted by Gasteiger charge is -1.67. The standard InChI is InChI=1S/C5H8N2/c1-6-4-7-5-2-3-5/h5H,2-3H2,1H3. The third kappa shape index (κ3) is 1.51. The predicted octanol–water partition coefficient (Wildman–Crippen LogP) is 0.953. The zero-order chi connectivity index (χ0) is 5.11. The molecule has 0 radical (unpaired) electrons. The predicted molar refractivity (Wildman–Crippen MR) is 28.8 cm³/mol. The molecule has 1 fully saturated rings. The number of rotatable bonds is 1. The molecule has 0 aromatic rings. The summed E-state index contributed by atoms with van der Waals surface area (Å²) in [5.74, 6) is 0. The maximum Gasteiger partial charge on any atom is 0.0892 e. The second-order valence-corrected chi connectivity index (χ2v) is 1.68. The lowest BCUT2D eigenvalue weighted by molar-refractivity contribution is 1.08. The quantitative estimate of drug-likeness (QED) is 0.434. The molecule has 1 aliphatic carbocycles. The number of hydrogen-bond acceptors (Lipinski definition) is 2. The summed E-state index contributed by atoms with van der Waals surface area (Å²) >= 11 is 0. The van der Waals surface area contributed by atoms with Crippen molar-refractivity contribution in [2.45, 2.75) is 18.9 Å².